The first kappa shape index (κ1) is 17.3. The number of para-hydroxylation sites is 1. The molecule has 24 heavy (non-hydrogen) atoms. The van der Waals surface area contributed by atoms with Gasteiger partial charge in [0.2, 0.25) is 0 Å². The molecule has 1 N–H and O–H groups in total. The van der Waals surface area contributed by atoms with Crippen LogP contribution in [0.25, 0.3) is 0 Å². The first-order valence-corrected chi connectivity index (χ1v) is 7.36. The number of hydrogen-bond acceptors (Lipinski definition) is 5. The lowest BCUT2D eigenvalue weighted by Crippen LogP contribution is -2.24. The van der Waals surface area contributed by atoms with Crippen LogP contribution in [0.1, 0.15) is 11.1 Å². The average Bonchev–Trinajstić information content (AvgIpc) is 2.61. The van der Waals surface area contributed by atoms with Crippen LogP contribution in [-0.2, 0) is 4.79 Å². The van der Waals surface area contributed by atoms with Gasteiger partial charge in [0.15, 0.2) is 6.61 Å². The maximum absolute atomic E-state index is 11.8. The molecule has 0 fully saturated rings. The normalized spacial score (nSPS) is 10.5. The summed E-state index contributed by atoms with van der Waals surface area (Å²) in [5.41, 5.74) is 4.08. The number of benzene rings is 2. The van der Waals surface area contributed by atoms with Gasteiger partial charge in [-0.25, -0.2) is 5.43 Å². The number of amides is 1. The Morgan fingerprint density at radius 1 is 1.12 bits per heavy atom. The van der Waals surface area contributed by atoms with Gasteiger partial charge in [0, 0.05) is 5.56 Å². The van der Waals surface area contributed by atoms with Crippen molar-refractivity contribution in [3.8, 4) is 17.2 Å². The fourth-order valence-electron chi connectivity index (χ4n) is 2.01. The Labute approximate surface area is 141 Å². The Morgan fingerprint density at radius 3 is 2.62 bits per heavy atom. The number of nitrogens with one attached hydrogen (secondary N) is 1. The molecule has 0 aliphatic carbocycles. The van der Waals surface area contributed by atoms with Gasteiger partial charge in [-0.2, -0.15) is 5.10 Å². The molecule has 0 heterocycles. The molecule has 2 aromatic carbocycles. The first-order chi connectivity index (χ1) is 11.6. The largest absolute Gasteiger partial charge is 0.497 e. The van der Waals surface area contributed by atoms with Crippen molar-refractivity contribution in [2.45, 2.75) is 6.92 Å². The Bertz CT molecular complexity index is 729. The van der Waals surface area contributed by atoms with Crippen molar-refractivity contribution in [1.29, 1.82) is 0 Å². The molecule has 0 saturated carbocycles. The maximum Gasteiger partial charge on any atom is 0.277 e. The number of hydrogen-bond donors (Lipinski definition) is 1. The number of rotatable bonds is 7. The number of ether oxygens (including phenoxy) is 3. The monoisotopic (exact) mass is 328 g/mol. The number of nitrogens with zero attached hydrogens (tertiary/aromatic N) is 1. The highest BCUT2D eigenvalue weighted by Gasteiger charge is 2.05. The second-order valence-electron chi connectivity index (χ2n) is 4.96. The van der Waals surface area contributed by atoms with Crippen LogP contribution in [-0.4, -0.2) is 32.9 Å². The van der Waals surface area contributed by atoms with Gasteiger partial charge in [-0.05, 0) is 36.8 Å². The van der Waals surface area contributed by atoms with Crippen LogP contribution >= 0.6 is 0 Å². The zero-order valence-electron chi connectivity index (χ0n) is 13.9. The lowest BCUT2D eigenvalue weighted by molar-refractivity contribution is -0.123. The van der Waals surface area contributed by atoms with Crippen LogP contribution in [0, 0.1) is 6.92 Å². The molecule has 6 nitrogen and oxygen atoms in total. The highest BCUT2D eigenvalue weighted by atomic mass is 16.5. The minimum atomic E-state index is -0.351. The summed E-state index contributed by atoms with van der Waals surface area (Å²) in [5, 5.41) is 3.92. The number of aryl methyl sites for hydroxylation is 1. The molecule has 0 aromatic heterocycles. The van der Waals surface area contributed by atoms with E-state index in [1.807, 2.05) is 31.2 Å². The third kappa shape index (κ3) is 4.74. The fourth-order valence-corrected chi connectivity index (χ4v) is 2.01. The molecule has 2 aromatic rings. The van der Waals surface area contributed by atoms with Crippen molar-refractivity contribution >= 4 is 12.1 Å². The van der Waals surface area contributed by atoms with Gasteiger partial charge >= 0.3 is 0 Å². The average molecular weight is 328 g/mol. The van der Waals surface area contributed by atoms with E-state index in [1.165, 1.54) is 6.21 Å². The zero-order valence-corrected chi connectivity index (χ0v) is 13.9. The number of carbonyl (C=O) groups excluding carboxylic acids is 1. The molecule has 6 heteroatoms. The second-order valence-corrected chi connectivity index (χ2v) is 4.96. The highest BCUT2D eigenvalue weighted by molar-refractivity contribution is 5.86. The molecule has 1 amide bonds. The number of hydrazone groups is 1. The predicted octanol–water partition coefficient (Wildman–Crippen LogP) is 2.54. The van der Waals surface area contributed by atoms with Crippen LogP contribution in [0.4, 0.5) is 0 Å². The maximum atomic E-state index is 11.8. The minimum absolute atomic E-state index is 0.114. The van der Waals surface area contributed by atoms with E-state index >= 15 is 0 Å². The molecular weight excluding hydrogens is 308 g/mol. The lowest BCUT2D eigenvalue weighted by atomic mass is 10.2. The quantitative estimate of drug-likeness (QED) is 0.626. The summed E-state index contributed by atoms with van der Waals surface area (Å²) in [6.45, 7) is 1.80. The second kappa shape index (κ2) is 8.57. The van der Waals surface area contributed by atoms with Crippen molar-refractivity contribution in [3.63, 3.8) is 0 Å². The summed E-state index contributed by atoms with van der Waals surface area (Å²) < 4.78 is 15.8. The van der Waals surface area contributed by atoms with Crippen LogP contribution in [0.2, 0.25) is 0 Å². The Hall–Kier alpha value is -3.02. The molecule has 2 rings (SSSR count). The summed E-state index contributed by atoms with van der Waals surface area (Å²) in [7, 11) is 3.14. The first-order valence-electron chi connectivity index (χ1n) is 7.36. The standard InChI is InChI=1S/C18H20N2O4/c1-13-6-4-5-7-16(13)24-12-18(21)20-19-11-14-10-15(22-2)8-9-17(14)23-3/h4-11H,12H2,1-3H3,(H,20,21)/b19-11-. The predicted molar refractivity (Wildman–Crippen MR) is 92.0 cm³/mol. The smallest absolute Gasteiger partial charge is 0.277 e. The van der Waals surface area contributed by atoms with Crippen LogP contribution in [0.15, 0.2) is 47.6 Å². The Balaban J connectivity index is 1.91. The van der Waals surface area contributed by atoms with Crippen LogP contribution in [0.5, 0.6) is 17.2 Å². The van der Waals surface area contributed by atoms with Crippen molar-refractivity contribution in [1.82, 2.24) is 5.43 Å². The topological polar surface area (TPSA) is 69.2 Å². The zero-order chi connectivity index (χ0) is 17.4. The molecule has 0 unspecified atom stereocenters. The van der Waals surface area contributed by atoms with E-state index in [0.29, 0.717) is 22.8 Å². The van der Waals surface area contributed by atoms with Crippen molar-refractivity contribution in [3.05, 3.63) is 53.6 Å². The van der Waals surface area contributed by atoms with E-state index in [-0.39, 0.29) is 12.5 Å². The minimum Gasteiger partial charge on any atom is -0.497 e. The molecular formula is C18H20N2O4. The van der Waals surface area contributed by atoms with Gasteiger partial charge in [0.25, 0.3) is 5.91 Å². The molecule has 0 atom stereocenters. The van der Waals surface area contributed by atoms with Crippen molar-refractivity contribution < 1.29 is 19.0 Å². The van der Waals surface area contributed by atoms with Gasteiger partial charge in [-0.3, -0.25) is 4.79 Å². The fraction of sp³-hybridized carbons (Fsp3) is 0.222. The van der Waals surface area contributed by atoms with Crippen LogP contribution in [0.3, 0.4) is 0 Å². The third-order valence-corrected chi connectivity index (χ3v) is 3.28. The molecule has 0 aliphatic heterocycles. The van der Waals surface area contributed by atoms with E-state index in [2.05, 4.69) is 10.5 Å². The van der Waals surface area contributed by atoms with Crippen LogP contribution < -0.4 is 19.6 Å². The van der Waals surface area contributed by atoms with E-state index in [0.717, 1.165) is 5.56 Å². The van der Waals surface area contributed by atoms with E-state index in [1.54, 1.807) is 32.4 Å². The van der Waals surface area contributed by atoms with Crippen molar-refractivity contribution in [2.24, 2.45) is 5.10 Å². The van der Waals surface area contributed by atoms with Gasteiger partial charge in [-0.1, -0.05) is 18.2 Å². The van der Waals surface area contributed by atoms with Gasteiger partial charge in [0.1, 0.15) is 17.2 Å². The van der Waals surface area contributed by atoms with E-state index in [4.69, 9.17) is 14.2 Å². The summed E-state index contributed by atoms with van der Waals surface area (Å²) in [5.74, 6) is 1.62. The van der Waals surface area contributed by atoms with Gasteiger partial charge < -0.3 is 14.2 Å². The Morgan fingerprint density at radius 2 is 1.92 bits per heavy atom. The SMILES string of the molecule is COc1ccc(OC)c(/C=N\NC(=O)COc2ccccc2C)c1. The summed E-state index contributed by atoms with van der Waals surface area (Å²) in [4.78, 5) is 11.8. The molecule has 126 valence electrons. The third-order valence-electron chi connectivity index (χ3n) is 3.28. The molecule has 0 aliphatic rings. The van der Waals surface area contributed by atoms with Crippen molar-refractivity contribution in [2.75, 3.05) is 20.8 Å². The summed E-state index contributed by atoms with van der Waals surface area (Å²) >= 11 is 0. The summed E-state index contributed by atoms with van der Waals surface area (Å²) in [6.07, 6.45) is 1.49. The van der Waals surface area contributed by atoms with E-state index < -0.39 is 0 Å². The lowest BCUT2D eigenvalue weighted by Gasteiger charge is -2.08. The van der Waals surface area contributed by atoms with Gasteiger partial charge in [0.05, 0.1) is 20.4 Å². The highest BCUT2D eigenvalue weighted by Crippen LogP contribution is 2.22. The molecule has 0 radical (unpaired) electrons. The number of carbonyl (C=O) groups is 1. The molecule has 0 spiro atoms. The molecule has 0 saturated heterocycles. The van der Waals surface area contributed by atoms with E-state index in [9.17, 15) is 4.79 Å². The van der Waals surface area contributed by atoms with Gasteiger partial charge in [-0.15, -0.1) is 0 Å². The Kier molecular flexibility index (Phi) is 6.19. The number of methoxy groups -OCH3 is 2. The summed E-state index contributed by atoms with van der Waals surface area (Å²) in [6, 6.07) is 12.8. The molecule has 0 bridgehead atoms.